The van der Waals surface area contributed by atoms with Crippen LogP contribution in [0.4, 0.5) is 16.3 Å². The largest absolute Gasteiger partial charge is 0.494 e. The number of β-amino-alcohol motifs (C(OH)–C–C–N with tert-alkyl or cyclic N) is 1. The van der Waals surface area contributed by atoms with Crippen molar-refractivity contribution in [3.05, 3.63) is 66.7 Å². The zero-order chi connectivity index (χ0) is 27.6. The SMILES string of the molecule is COc1cccc(OC)c1-n1c(NS(=O)(=O)[C@@H]2C[C@H](O)CN(c3ncc(F)cn3)C2)nnc1-c1ccccc1. The van der Waals surface area contributed by atoms with E-state index in [1.807, 2.05) is 30.3 Å². The molecular weight excluding hydrogens is 529 g/mol. The molecule has 1 saturated heterocycles. The number of methoxy groups -OCH3 is 2. The molecular formula is C25H26FN7O5S. The van der Waals surface area contributed by atoms with Gasteiger partial charge in [-0.3, -0.25) is 9.29 Å². The summed E-state index contributed by atoms with van der Waals surface area (Å²) in [7, 11) is -1.16. The number of aliphatic hydroxyl groups excluding tert-OH is 1. The second-order valence-electron chi connectivity index (χ2n) is 8.82. The molecule has 0 unspecified atom stereocenters. The third kappa shape index (κ3) is 5.33. The van der Waals surface area contributed by atoms with Crippen LogP contribution in [0, 0.1) is 5.82 Å². The first-order valence-corrected chi connectivity index (χ1v) is 13.5. The van der Waals surface area contributed by atoms with E-state index in [1.54, 1.807) is 18.2 Å². The van der Waals surface area contributed by atoms with Gasteiger partial charge in [0, 0.05) is 18.7 Å². The summed E-state index contributed by atoms with van der Waals surface area (Å²) >= 11 is 0. The van der Waals surface area contributed by atoms with Gasteiger partial charge < -0.3 is 19.5 Å². The van der Waals surface area contributed by atoms with E-state index in [0.717, 1.165) is 12.4 Å². The van der Waals surface area contributed by atoms with Crippen molar-refractivity contribution in [1.82, 2.24) is 24.7 Å². The summed E-state index contributed by atoms with van der Waals surface area (Å²) in [6, 6.07) is 14.3. The maximum Gasteiger partial charge on any atom is 0.243 e. The number of nitrogens with one attached hydrogen (secondary N) is 1. The summed E-state index contributed by atoms with van der Waals surface area (Å²) in [6.07, 6.45) is 0.949. The van der Waals surface area contributed by atoms with Crippen LogP contribution in [0.2, 0.25) is 0 Å². The van der Waals surface area contributed by atoms with Gasteiger partial charge in [0.15, 0.2) is 11.6 Å². The van der Waals surface area contributed by atoms with Gasteiger partial charge in [-0.1, -0.05) is 36.4 Å². The number of hydrogen-bond acceptors (Lipinski definition) is 10. The van der Waals surface area contributed by atoms with Crippen LogP contribution in [0.5, 0.6) is 11.5 Å². The predicted molar refractivity (Wildman–Crippen MR) is 141 cm³/mol. The fraction of sp³-hybridized carbons (Fsp3) is 0.280. The van der Waals surface area contributed by atoms with Crippen LogP contribution in [0.25, 0.3) is 17.1 Å². The molecule has 39 heavy (non-hydrogen) atoms. The average Bonchev–Trinajstić information content (AvgIpc) is 3.35. The van der Waals surface area contributed by atoms with Gasteiger partial charge in [0.05, 0.1) is 32.7 Å². The lowest BCUT2D eigenvalue weighted by molar-refractivity contribution is 0.154. The molecule has 1 aliphatic rings. The minimum Gasteiger partial charge on any atom is -0.494 e. The van der Waals surface area contributed by atoms with Crippen LogP contribution >= 0.6 is 0 Å². The Balaban J connectivity index is 1.55. The summed E-state index contributed by atoms with van der Waals surface area (Å²) in [5.74, 6) is 0.549. The standard InChI is InChI=1S/C25H26FN7O5S/c1-37-20-9-6-10-21(38-2)22(20)33-23(16-7-4-3-5-8-16)29-30-25(33)31-39(35,36)19-11-18(34)14-32(15-19)24-27-12-17(26)13-28-24/h3-10,12-13,18-19,34H,11,14-15H2,1-2H3,(H,30,31)/t18-,19+/m0/s1. The van der Waals surface area contributed by atoms with Crippen molar-refractivity contribution < 1.29 is 27.4 Å². The highest BCUT2D eigenvalue weighted by Crippen LogP contribution is 2.38. The molecule has 2 aromatic carbocycles. The van der Waals surface area contributed by atoms with E-state index in [-0.39, 0.29) is 31.4 Å². The van der Waals surface area contributed by atoms with Crippen molar-refractivity contribution in [2.24, 2.45) is 0 Å². The lowest BCUT2D eigenvalue weighted by Crippen LogP contribution is -2.50. The number of nitrogens with zero attached hydrogens (tertiary/aromatic N) is 6. The predicted octanol–water partition coefficient (Wildman–Crippen LogP) is 2.26. The molecule has 2 N–H and O–H groups in total. The maximum absolute atomic E-state index is 13.7. The number of piperidine rings is 1. The lowest BCUT2D eigenvalue weighted by atomic mass is 10.1. The normalized spacial score (nSPS) is 17.6. The summed E-state index contributed by atoms with van der Waals surface area (Å²) in [4.78, 5) is 9.35. The number of aliphatic hydroxyl groups is 1. The Morgan fingerprint density at radius 2 is 1.64 bits per heavy atom. The fourth-order valence-corrected chi connectivity index (χ4v) is 5.89. The maximum atomic E-state index is 13.7. The first-order chi connectivity index (χ1) is 18.8. The Morgan fingerprint density at radius 3 is 2.28 bits per heavy atom. The number of para-hydroxylation sites is 1. The van der Waals surface area contributed by atoms with Crippen LogP contribution in [0.1, 0.15) is 6.42 Å². The van der Waals surface area contributed by atoms with Crippen molar-refractivity contribution in [3.8, 4) is 28.6 Å². The second kappa shape index (κ2) is 10.8. The molecule has 2 atom stereocenters. The van der Waals surface area contributed by atoms with Crippen molar-refractivity contribution >= 4 is 21.9 Å². The van der Waals surface area contributed by atoms with Gasteiger partial charge in [0.2, 0.25) is 21.9 Å². The molecule has 3 heterocycles. The highest BCUT2D eigenvalue weighted by molar-refractivity contribution is 7.93. The molecule has 5 rings (SSSR count). The Hall–Kier alpha value is -4.30. The van der Waals surface area contributed by atoms with Crippen LogP contribution < -0.4 is 19.1 Å². The van der Waals surface area contributed by atoms with Crippen molar-refractivity contribution in [2.75, 3.05) is 36.9 Å². The number of halogens is 1. The minimum absolute atomic E-state index is 0.0321. The summed E-state index contributed by atoms with van der Waals surface area (Å²) in [5, 5.41) is 17.9. The number of rotatable bonds is 8. The zero-order valence-corrected chi connectivity index (χ0v) is 21.9. The molecule has 0 bridgehead atoms. The Morgan fingerprint density at radius 1 is 0.974 bits per heavy atom. The van der Waals surface area contributed by atoms with E-state index in [1.165, 1.54) is 23.7 Å². The molecule has 0 amide bonds. The first-order valence-electron chi connectivity index (χ1n) is 11.9. The molecule has 4 aromatic rings. The van der Waals surface area contributed by atoms with E-state index >= 15 is 0 Å². The summed E-state index contributed by atoms with van der Waals surface area (Å²) < 4.78 is 55.9. The van der Waals surface area contributed by atoms with Gasteiger partial charge in [-0.2, -0.15) is 0 Å². The number of benzene rings is 2. The molecule has 0 aliphatic carbocycles. The van der Waals surface area contributed by atoms with Gasteiger partial charge in [-0.05, 0) is 18.6 Å². The highest BCUT2D eigenvalue weighted by Gasteiger charge is 2.37. The van der Waals surface area contributed by atoms with E-state index in [9.17, 15) is 17.9 Å². The molecule has 1 aliphatic heterocycles. The topological polar surface area (TPSA) is 145 Å². The summed E-state index contributed by atoms with van der Waals surface area (Å²) in [5.41, 5.74) is 1.07. The van der Waals surface area contributed by atoms with Crippen LogP contribution in [0.15, 0.2) is 60.9 Å². The van der Waals surface area contributed by atoms with E-state index in [0.29, 0.717) is 28.6 Å². The molecule has 1 fully saturated rings. The third-order valence-corrected chi connectivity index (χ3v) is 7.96. The van der Waals surface area contributed by atoms with Crippen molar-refractivity contribution in [1.29, 1.82) is 0 Å². The van der Waals surface area contributed by atoms with Crippen LogP contribution in [0.3, 0.4) is 0 Å². The van der Waals surface area contributed by atoms with Gasteiger partial charge in [-0.25, -0.2) is 22.8 Å². The quantitative estimate of drug-likeness (QED) is 0.332. The number of ether oxygens (including phenoxy) is 2. The molecule has 2 aromatic heterocycles. The molecule has 0 saturated carbocycles. The van der Waals surface area contributed by atoms with E-state index < -0.39 is 27.2 Å². The molecule has 12 nitrogen and oxygen atoms in total. The molecule has 204 valence electrons. The van der Waals surface area contributed by atoms with Gasteiger partial charge in [0.25, 0.3) is 0 Å². The van der Waals surface area contributed by atoms with Crippen LogP contribution in [-0.4, -0.2) is 76.9 Å². The van der Waals surface area contributed by atoms with Gasteiger partial charge >= 0.3 is 0 Å². The van der Waals surface area contributed by atoms with Gasteiger partial charge in [0.1, 0.15) is 22.4 Å². The third-order valence-electron chi connectivity index (χ3n) is 6.27. The van der Waals surface area contributed by atoms with E-state index in [4.69, 9.17) is 9.47 Å². The highest BCUT2D eigenvalue weighted by atomic mass is 32.2. The van der Waals surface area contributed by atoms with E-state index in [2.05, 4.69) is 24.9 Å². The summed E-state index contributed by atoms with van der Waals surface area (Å²) in [6.45, 7) is 0.0695. The Bertz CT molecular complexity index is 1530. The van der Waals surface area contributed by atoms with Crippen molar-refractivity contribution in [2.45, 2.75) is 17.8 Å². The smallest absolute Gasteiger partial charge is 0.243 e. The average molecular weight is 556 g/mol. The monoisotopic (exact) mass is 555 g/mol. The number of hydrogen-bond donors (Lipinski definition) is 2. The minimum atomic E-state index is -4.14. The number of aromatic nitrogens is 5. The van der Waals surface area contributed by atoms with Crippen molar-refractivity contribution in [3.63, 3.8) is 0 Å². The second-order valence-corrected chi connectivity index (χ2v) is 10.8. The van der Waals surface area contributed by atoms with Gasteiger partial charge in [-0.15, -0.1) is 10.2 Å². The number of anilines is 2. The lowest BCUT2D eigenvalue weighted by Gasteiger charge is -2.35. The molecule has 0 spiro atoms. The Labute approximate surface area is 224 Å². The fourth-order valence-electron chi connectivity index (χ4n) is 4.48. The molecule has 0 radical (unpaired) electrons. The number of sulfonamides is 1. The Kier molecular flexibility index (Phi) is 7.30. The van der Waals surface area contributed by atoms with Crippen LogP contribution in [-0.2, 0) is 10.0 Å². The molecule has 14 heteroatoms. The zero-order valence-electron chi connectivity index (χ0n) is 21.1. The first kappa shape index (κ1) is 26.3.